The first-order chi connectivity index (χ1) is 13.9. The predicted octanol–water partition coefficient (Wildman–Crippen LogP) is 2.70. The summed E-state index contributed by atoms with van der Waals surface area (Å²) < 4.78 is 28.2. The second-order valence-corrected chi connectivity index (χ2v) is 9.34. The van der Waals surface area contributed by atoms with Crippen LogP contribution in [-0.4, -0.2) is 48.1 Å². The third kappa shape index (κ3) is 3.39. The van der Waals surface area contributed by atoms with E-state index in [9.17, 15) is 13.2 Å². The van der Waals surface area contributed by atoms with Gasteiger partial charge in [-0.15, -0.1) is 0 Å². The van der Waals surface area contributed by atoms with Gasteiger partial charge in [0.1, 0.15) is 11.4 Å². The number of sulfonamides is 1. The highest BCUT2D eigenvalue weighted by atomic mass is 32.2. The van der Waals surface area contributed by atoms with Gasteiger partial charge in [-0.2, -0.15) is 5.06 Å². The maximum absolute atomic E-state index is 13.6. The number of carbonyl (C=O) groups is 1. The third-order valence-corrected chi connectivity index (χ3v) is 7.80. The van der Waals surface area contributed by atoms with Gasteiger partial charge in [0.2, 0.25) is 10.0 Å². The van der Waals surface area contributed by atoms with Crippen LogP contribution in [0.15, 0.2) is 72.8 Å². The number of hydrogen-bond donors (Lipinski definition) is 0. The Kier molecular flexibility index (Phi) is 5.29. The van der Waals surface area contributed by atoms with Crippen LogP contribution in [0.4, 0.5) is 0 Å². The van der Waals surface area contributed by atoms with Crippen molar-refractivity contribution < 1.29 is 18.0 Å². The van der Waals surface area contributed by atoms with E-state index in [2.05, 4.69) is 0 Å². The highest BCUT2D eigenvalue weighted by Crippen LogP contribution is 2.46. The molecule has 2 aliphatic rings. The molecule has 152 valence electrons. The highest BCUT2D eigenvalue weighted by molar-refractivity contribution is 7.90. The molecular weight excluding hydrogens is 388 g/mol. The number of amides is 1. The zero-order valence-electron chi connectivity index (χ0n) is 16.4. The molecule has 2 heterocycles. The molecule has 2 aliphatic heterocycles. The van der Waals surface area contributed by atoms with Gasteiger partial charge in [-0.05, 0) is 30.5 Å². The van der Waals surface area contributed by atoms with Crippen molar-refractivity contribution in [1.82, 2.24) is 9.37 Å². The van der Waals surface area contributed by atoms with Gasteiger partial charge in [-0.1, -0.05) is 66.7 Å². The number of likely N-dealkylation sites (N-methyl/N-ethyl adjacent to an activating group) is 1. The van der Waals surface area contributed by atoms with Crippen LogP contribution >= 0.6 is 0 Å². The minimum absolute atomic E-state index is 0.430. The van der Waals surface area contributed by atoms with Crippen molar-refractivity contribution in [3.63, 3.8) is 0 Å². The molecule has 6 nitrogen and oxygen atoms in total. The predicted molar refractivity (Wildman–Crippen MR) is 110 cm³/mol. The van der Waals surface area contributed by atoms with Crippen LogP contribution in [-0.2, 0) is 26.1 Å². The van der Waals surface area contributed by atoms with Crippen LogP contribution < -0.4 is 0 Å². The summed E-state index contributed by atoms with van der Waals surface area (Å²) in [6.45, 7) is 1.70. The lowest BCUT2D eigenvalue weighted by atomic mass is 9.93. The second kappa shape index (κ2) is 7.74. The van der Waals surface area contributed by atoms with Crippen molar-refractivity contribution in [3.05, 3.63) is 83.9 Å². The number of benzene rings is 2. The van der Waals surface area contributed by atoms with E-state index >= 15 is 0 Å². The molecule has 0 bridgehead atoms. The SMILES string of the molecule is C/C=C/C(=O)N1[C@@H](Cc2ccccc2)[C@H]2[C@H]([C@H](c3ccccc3)ON2C)S1(=O)=O. The first kappa shape index (κ1) is 19.8. The summed E-state index contributed by atoms with van der Waals surface area (Å²) in [4.78, 5) is 18.8. The molecule has 0 aliphatic carbocycles. The van der Waals surface area contributed by atoms with Crippen LogP contribution in [0, 0.1) is 0 Å². The maximum atomic E-state index is 13.6. The second-order valence-electron chi connectivity index (χ2n) is 7.37. The molecule has 0 saturated carbocycles. The number of hydroxylamine groups is 2. The fourth-order valence-electron chi connectivity index (χ4n) is 4.40. The molecule has 2 saturated heterocycles. The summed E-state index contributed by atoms with van der Waals surface area (Å²) >= 11 is 0. The van der Waals surface area contributed by atoms with Crippen LogP contribution in [0.1, 0.15) is 24.2 Å². The summed E-state index contributed by atoms with van der Waals surface area (Å²) in [5.74, 6) is -0.511. The van der Waals surface area contributed by atoms with Crippen LogP contribution in [0.5, 0.6) is 0 Å². The van der Waals surface area contributed by atoms with Gasteiger partial charge in [-0.25, -0.2) is 12.7 Å². The Morgan fingerprint density at radius 3 is 2.31 bits per heavy atom. The van der Waals surface area contributed by atoms with Gasteiger partial charge >= 0.3 is 0 Å². The van der Waals surface area contributed by atoms with Crippen LogP contribution in [0.3, 0.4) is 0 Å². The Labute approximate surface area is 171 Å². The molecule has 0 N–H and O–H groups in total. The molecule has 0 radical (unpaired) electrons. The van der Waals surface area contributed by atoms with E-state index in [0.717, 1.165) is 15.4 Å². The number of rotatable bonds is 4. The zero-order valence-corrected chi connectivity index (χ0v) is 17.2. The maximum Gasteiger partial charge on any atom is 0.260 e. The van der Waals surface area contributed by atoms with Crippen LogP contribution in [0.25, 0.3) is 0 Å². The molecule has 4 rings (SSSR count). The molecule has 1 amide bonds. The van der Waals surface area contributed by atoms with Crippen molar-refractivity contribution >= 4 is 15.9 Å². The van der Waals surface area contributed by atoms with Crippen molar-refractivity contribution in [1.29, 1.82) is 0 Å². The Bertz CT molecular complexity index is 1010. The van der Waals surface area contributed by atoms with Crippen molar-refractivity contribution in [3.8, 4) is 0 Å². The molecular formula is C22H24N2O4S. The Hall–Kier alpha value is -2.48. The molecule has 2 aromatic rings. The van der Waals surface area contributed by atoms with E-state index in [-0.39, 0.29) is 0 Å². The van der Waals surface area contributed by atoms with E-state index in [1.54, 1.807) is 25.1 Å². The minimum Gasteiger partial charge on any atom is -0.289 e. The minimum atomic E-state index is -3.92. The molecule has 0 spiro atoms. The fourth-order valence-corrected chi connectivity index (χ4v) is 6.78. The number of nitrogens with zero attached hydrogens (tertiary/aromatic N) is 2. The number of allylic oxidation sites excluding steroid dienone is 1. The first-order valence-electron chi connectivity index (χ1n) is 9.63. The van der Waals surface area contributed by atoms with E-state index in [1.807, 2.05) is 60.7 Å². The molecule has 29 heavy (non-hydrogen) atoms. The monoisotopic (exact) mass is 412 g/mol. The van der Waals surface area contributed by atoms with Gasteiger partial charge in [0.05, 0.1) is 12.1 Å². The van der Waals surface area contributed by atoms with Gasteiger partial charge in [0.25, 0.3) is 5.91 Å². The van der Waals surface area contributed by atoms with E-state index < -0.39 is 39.4 Å². The van der Waals surface area contributed by atoms with Crippen LogP contribution in [0.2, 0.25) is 0 Å². The van der Waals surface area contributed by atoms with Crippen molar-refractivity contribution in [2.45, 2.75) is 36.8 Å². The Balaban J connectivity index is 1.80. The summed E-state index contributed by atoms with van der Waals surface area (Å²) in [6, 6.07) is 17.9. The zero-order chi connectivity index (χ0) is 20.6. The van der Waals surface area contributed by atoms with E-state index in [4.69, 9.17) is 4.84 Å². The quantitative estimate of drug-likeness (QED) is 0.723. The summed E-state index contributed by atoms with van der Waals surface area (Å²) in [6.07, 6.45) is 2.66. The van der Waals surface area contributed by atoms with E-state index in [0.29, 0.717) is 6.42 Å². The lowest BCUT2D eigenvalue weighted by Crippen LogP contribution is -2.46. The highest BCUT2D eigenvalue weighted by Gasteiger charge is 2.63. The molecule has 0 aromatic heterocycles. The summed E-state index contributed by atoms with van der Waals surface area (Å²) in [5, 5.41) is 0.772. The summed E-state index contributed by atoms with van der Waals surface area (Å²) in [7, 11) is -2.17. The standard InChI is InChI=1S/C22H24N2O4S/c1-3-10-19(25)24-18(15-16-11-6-4-7-12-16)20-22(29(24,26)27)21(28-23(20)2)17-13-8-5-9-14-17/h3-14,18,20-22H,15H2,1-2H3/b10-3+/t18-,20-,21-,22+/m0/s1. The average molecular weight is 413 g/mol. The van der Waals surface area contributed by atoms with Gasteiger partial charge in [0.15, 0.2) is 0 Å². The Morgan fingerprint density at radius 1 is 1.07 bits per heavy atom. The number of fused-ring (bicyclic) bond motifs is 1. The number of hydrogen-bond acceptors (Lipinski definition) is 5. The smallest absolute Gasteiger partial charge is 0.260 e. The van der Waals surface area contributed by atoms with Gasteiger partial charge < -0.3 is 0 Å². The van der Waals surface area contributed by atoms with Crippen molar-refractivity contribution in [2.24, 2.45) is 0 Å². The average Bonchev–Trinajstić information content (AvgIpc) is 3.17. The third-order valence-electron chi connectivity index (χ3n) is 5.59. The molecule has 7 heteroatoms. The van der Waals surface area contributed by atoms with Gasteiger partial charge in [-0.3, -0.25) is 9.63 Å². The first-order valence-corrected chi connectivity index (χ1v) is 11.1. The largest absolute Gasteiger partial charge is 0.289 e. The van der Waals surface area contributed by atoms with E-state index in [1.165, 1.54) is 6.08 Å². The summed E-state index contributed by atoms with van der Waals surface area (Å²) in [5.41, 5.74) is 1.76. The molecule has 2 aromatic carbocycles. The molecule has 4 atom stereocenters. The molecule has 2 fully saturated rings. The lowest BCUT2D eigenvalue weighted by Gasteiger charge is -2.29. The fraction of sp³-hybridized carbons (Fsp3) is 0.318. The van der Waals surface area contributed by atoms with Gasteiger partial charge in [0, 0.05) is 7.05 Å². The number of carbonyl (C=O) groups excluding carboxylic acids is 1. The Morgan fingerprint density at radius 2 is 1.69 bits per heavy atom. The topological polar surface area (TPSA) is 66.9 Å². The lowest BCUT2D eigenvalue weighted by molar-refractivity contribution is -0.154. The normalized spacial score (nSPS) is 28.7. The molecule has 0 unspecified atom stereocenters. The van der Waals surface area contributed by atoms with Crippen molar-refractivity contribution in [2.75, 3.05) is 7.05 Å².